The van der Waals surface area contributed by atoms with Crippen LogP contribution in [0.5, 0.6) is 0 Å². The molecule has 0 spiro atoms. The lowest BCUT2D eigenvalue weighted by molar-refractivity contribution is -0.148. The van der Waals surface area contributed by atoms with Crippen molar-refractivity contribution < 1.29 is 9.30 Å². The number of morpholine rings is 1. The molecule has 3 heterocycles. The second-order valence-electron chi connectivity index (χ2n) is 10.9. The van der Waals surface area contributed by atoms with Crippen molar-refractivity contribution in [1.82, 2.24) is 14.9 Å². The van der Waals surface area contributed by atoms with Crippen LogP contribution in [0, 0.1) is 0 Å². The van der Waals surface area contributed by atoms with E-state index in [2.05, 4.69) is 43.7 Å². The molecular formula is C28H32Cl2N5O2P. The number of nitrogens with one attached hydrogen (secondary N) is 2. The zero-order chi connectivity index (χ0) is 26.4. The molecule has 2 aliphatic heterocycles. The molecule has 1 aliphatic carbocycles. The van der Waals surface area contributed by atoms with Crippen molar-refractivity contribution in [2.24, 2.45) is 0 Å². The molecule has 3 aromatic rings. The van der Waals surface area contributed by atoms with Crippen molar-refractivity contribution in [3.05, 3.63) is 63.8 Å². The summed E-state index contributed by atoms with van der Waals surface area (Å²) in [7, 11) is -2.59. The number of anilines is 4. The molecule has 6 rings (SSSR count). The lowest BCUT2D eigenvalue weighted by Gasteiger charge is -2.56. The highest BCUT2D eigenvalue weighted by Crippen LogP contribution is 2.40. The van der Waals surface area contributed by atoms with Gasteiger partial charge in [-0.2, -0.15) is 4.98 Å². The molecule has 38 heavy (non-hydrogen) atoms. The largest absolute Gasteiger partial charge is 0.378 e. The summed E-state index contributed by atoms with van der Waals surface area (Å²) in [6.45, 7) is 5.20. The fraction of sp³-hybridized carbons (Fsp3) is 0.429. The highest BCUT2D eigenvalue weighted by molar-refractivity contribution is 7.70. The fourth-order valence-electron chi connectivity index (χ4n) is 6.06. The van der Waals surface area contributed by atoms with Gasteiger partial charge in [0, 0.05) is 34.1 Å². The molecule has 3 atom stereocenters. The third kappa shape index (κ3) is 5.32. The van der Waals surface area contributed by atoms with Crippen molar-refractivity contribution in [2.45, 2.75) is 50.2 Å². The molecule has 7 nitrogen and oxygen atoms in total. The molecule has 200 valence electrons. The minimum Gasteiger partial charge on any atom is -0.378 e. The first-order valence-corrected chi connectivity index (χ1v) is 16.5. The average Bonchev–Trinajstić information content (AvgIpc) is 3.09. The SMILES string of the molecule is CP(C)(=O)c1cc(Cl)ccc1Nc1nc(Nc2ccc3c(c2)CCC(N2C4COCC2C4)CC3)ncc1Cl. The van der Waals surface area contributed by atoms with Gasteiger partial charge in [0.2, 0.25) is 5.95 Å². The Balaban J connectivity index is 1.18. The number of halogens is 2. The zero-order valence-corrected chi connectivity index (χ0v) is 24.0. The molecule has 2 N–H and O–H groups in total. The molecule has 3 unspecified atom stereocenters. The normalized spacial score (nSPS) is 23.2. The summed E-state index contributed by atoms with van der Waals surface area (Å²) in [5.41, 5.74) is 4.42. The smallest absolute Gasteiger partial charge is 0.229 e. The van der Waals surface area contributed by atoms with E-state index in [9.17, 15) is 4.57 Å². The van der Waals surface area contributed by atoms with Crippen LogP contribution in [0.15, 0.2) is 42.6 Å². The summed E-state index contributed by atoms with van der Waals surface area (Å²) in [5.74, 6) is 0.867. The summed E-state index contributed by atoms with van der Waals surface area (Å²) in [4.78, 5) is 11.7. The average molecular weight is 572 g/mol. The van der Waals surface area contributed by atoms with Crippen LogP contribution in [-0.2, 0) is 22.1 Å². The summed E-state index contributed by atoms with van der Waals surface area (Å²) in [6, 6.07) is 13.7. The van der Waals surface area contributed by atoms with Crippen LogP contribution in [0.3, 0.4) is 0 Å². The summed E-state index contributed by atoms with van der Waals surface area (Å²) in [6.07, 6.45) is 7.41. The molecule has 2 fully saturated rings. The number of rotatable bonds is 6. The van der Waals surface area contributed by atoms with Crippen LogP contribution < -0.4 is 15.9 Å². The number of aromatic nitrogens is 2. The maximum absolute atomic E-state index is 12.9. The Labute approximate surface area is 233 Å². The quantitative estimate of drug-likeness (QED) is 0.268. The molecule has 3 aliphatic rings. The number of hydrogen-bond donors (Lipinski definition) is 2. The summed E-state index contributed by atoms with van der Waals surface area (Å²) in [5, 5.41) is 8.12. The zero-order valence-electron chi connectivity index (χ0n) is 21.6. The third-order valence-electron chi connectivity index (χ3n) is 7.92. The third-order valence-corrected chi connectivity index (χ3v) is 9.96. The molecule has 2 aromatic carbocycles. The van der Waals surface area contributed by atoms with Crippen LogP contribution in [0.1, 0.15) is 30.4 Å². The van der Waals surface area contributed by atoms with Gasteiger partial charge >= 0.3 is 0 Å². The molecule has 10 heteroatoms. The van der Waals surface area contributed by atoms with E-state index < -0.39 is 7.14 Å². The second kappa shape index (κ2) is 10.4. The van der Waals surface area contributed by atoms with Gasteiger partial charge < -0.3 is 19.9 Å². The van der Waals surface area contributed by atoms with E-state index in [0.717, 1.165) is 31.7 Å². The van der Waals surface area contributed by atoms with Gasteiger partial charge in [0.1, 0.15) is 12.2 Å². The Bertz CT molecular complexity index is 1400. The van der Waals surface area contributed by atoms with E-state index in [1.807, 2.05) is 0 Å². The number of nitrogens with zero attached hydrogens (tertiary/aromatic N) is 3. The maximum Gasteiger partial charge on any atom is 0.229 e. The predicted octanol–water partition coefficient (Wildman–Crippen LogP) is 6.24. The molecule has 0 radical (unpaired) electrons. The maximum atomic E-state index is 12.9. The molecule has 2 saturated heterocycles. The van der Waals surface area contributed by atoms with Gasteiger partial charge in [-0.05, 0) is 86.9 Å². The Kier molecular flexibility index (Phi) is 7.17. The lowest BCUT2D eigenvalue weighted by Crippen LogP contribution is -2.66. The van der Waals surface area contributed by atoms with Gasteiger partial charge in [-0.15, -0.1) is 0 Å². The monoisotopic (exact) mass is 571 g/mol. The molecule has 1 aromatic heterocycles. The van der Waals surface area contributed by atoms with E-state index in [1.165, 1.54) is 30.4 Å². The van der Waals surface area contributed by atoms with Gasteiger partial charge in [-0.25, -0.2) is 4.98 Å². The highest BCUT2D eigenvalue weighted by Gasteiger charge is 2.45. The van der Waals surface area contributed by atoms with Gasteiger partial charge in [0.05, 0.1) is 25.1 Å². The van der Waals surface area contributed by atoms with Crippen LogP contribution in [0.25, 0.3) is 0 Å². The van der Waals surface area contributed by atoms with E-state index in [4.69, 9.17) is 27.9 Å². The van der Waals surface area contributed by atoms with Crippen molar-refractivity contribution in [3.8, 4) is 0 Å². The predicted molar refractivity (Wildman–Crippen MR) is 156 cm³/mol. The lowest BCUT2D eigenvalue weighted by atomic mass is 9.87. The van der Waals surface area contributed by atoms with E-state index >= 15 is 0 Å². The molecule has 2 bridgehead atoms. The van der Waals surface area contributed by atoms with Crippen molar-refractivity contribution >= 4 is 58.8 Å². The van der Waals surface area contributed by atoms with E-state index in [-0.39, 0.29) is 0 Å². The van der Waals surface area contributed by atoms with Crippen molar-refractivity contribution in [2.75, 3.05) is 37.2 Å². The van der Waals surface area contributed by atoms with Crippen LogP contribution in [0.4, 0.5) is 23.1 Å². The van der Waals surface area contributed by atoms with Gasteiger partial charge in [-0.3, -0.25) is 4.90 Å². The van der Waals surface area contributed by atoms with Crippen LogP contribution in [0.2, 0.25) is 10.0 Å². The first-order chi connectivity index (χ1) is 18.2. The Morgan fingerprint density at radius 1 is 0.974 bits per heavy atom. The molecular weight excluding hydrogens is 540 g/mol. The molecule has 0 saturated carbocycles. The topological polar surface area (TPSA) is 79.4 Å². The minimum absolute atomic E-state index is 0.368. The summed E-state index contributed by atoms with van der Waals surface area (Å²) < 4.78 is 18.6. The van der Waals surface area contributed by atoms with Gasteiger partial charge in [0.15, 0.2) is 5.82 Å². The van der Waals surface area contributed by atoms with Crippen LogP contribution in [-0.4, -0.2) is 59.5 Å². The standard InChI is InChI=1S/C28H32Cl2N5O2P/c1-38(2,36)26-12-19(29)6-10-25(26)33-27-24(30)14-31-28(34-27)32-20-7-3-17-4-8-21(9-5-18(17)11-20)35-22-13-23(35)16-37-15-22/h3,6-7,10-12,14,21-23H,4-5,8-9,13,15-16H2,1-2H3,(H2,31,32,33,34). The first kappa shape index (κ1) is 26.1. The fourth-order valence-corrected chi connectivity index (χ4v) is 7.60. The molecule has 0 amide bonds. The Morgan fingerprint density at radius 3 is 2.47 bits per heavy atom. The number of hydrogen-bond acceptors (Lipinski definition) is 7. The summed E-state index contributed by atoms with van der Waals surface area (Å²) >= 11 is 12.6. The number of fused-ring (bicyclic) bond motifs is 3. The van der Waals surface area contributed by atoms with Crippen molar-refractivity contribution in [1.29, 1.82) is 0 Å². The number of aryl methyl sites for hydroxylation is 2. The van der Waals surface area contributed by atoms with E-state index in [0.29, 0.717) is 50.9 Å². The second-order valence-corrected chi connectivity index (χ2v) is 14.9. The van der Waals surface area contributed by atoms with Gasteiger partial charge in [-0.1, -0.05) is 29.3 Å². The Morgan fingerprint density at radius 2 is 1.74 bits per heavy atom. The minimum atomic E-state index is -2.59. The van der Waals surface area contributed by atoms with Crippen LogP contribution >= 0.6 is 30.3 Å². The van der Waals surface area contributed by atoms with E-state index in [1.54, 1.807) is 37.7 Å². The number of benzene rings is 2. The first-order valence-electron chi connectivity index (χ1n) is 13.1. The van der Waals surface area contributed by atoms with Gasteiger partial charge in [0.25, 0.3) is 0 Å². The Hall–Kier alpha value is -2.15. The number of ether oxygens (including phenoxy) is 1. The highest BCUT2D eigenvalue weighted by atomic mass is 35.5. The van der Waals surface area contributed by atoms with Crippen molar-refractivity contribution in [3.63, 3.8) is 0 Å².